The van der Waals surface area contributed by atoms with E-state index >= 15 is 0 Å². The number of benzene rings is 4. The van der Waals surface area contributed by atoms with Crippen molar-refractivity contribution in [2.75, 3.05) is 4.31 Å². The summed E-state index contributed by atoms with van der Waals surface area (Å²) < 4.78 is 28.2. The number of hydrazone groups is 1. The average molecular weight is 504 g/mol. The zero-order chi connectivity index (χ0) is 24.7. The SMILES string of the molecule is O=C(N/N=C\c1ccccc1Cl)c1ccc(CN(c2ccccc2)S(=O)(=O)c2ccccc2)cc1. The van der Waals surface area contributed by atoms with Gasteiger partial charge in [-0.2, -0.15) is 5.10 Å². The topological polar surface area (TPSA) is 78.8 Å². The van der Waals surface area contributed by atoms with Crippen molar-refractivity contribution in [3.8, 4) is 0 Å². The molecule has 0 radical (unpaired) electrons. The summed E-state index contributed by atoms with van der Waals surface area (Å²) in [6.07, 6.45) is 1.47. The monoisotopic (exact) mass is 503 g/mol. The molecule has 1 amide bonds. The number of sulfonamides is 1. The van der Waals surface area contributed by atoms with E-state index in [1.165, 1.54) is 10.5 Å². The predicted octanol–water partition coefficient (Wildman–Crippen LogP) is 5.50. The first-order valence-electron chi connectivity index (χ1n) is 10.7. The van der Waals surface area contributed by atoms with Crippen molar-refractivity contribution in [1.29, 1.82) is 0 Å². The Hall–Kier alpha value is -3.94. The maximum atomic E-state index is 13.4. The number of amides is 1. The van der Waals surface area contributed by atoms with Gasteiger partial charge in [-0.05, 0) is 48.0 Å². The van der Waals surface area contributed by atoms with Crippen LogP contribution in [0, 0.1) is 0 Å². The molecule has 0 spiro atoms. The number of carbonyl (C=O) groups excluding carboxylic acids is 1. The van der Waals surface area contributed by atoms with E-state index < -0.39 is 15.9 Å². The molecule has 0 atom stereocenters. The lowest BCUT2D eigenvalue weighted by Crippen LogP contribution is -2.30. The van der Waals surface area contributed by atoms with Crippen molar-refractivity contribution in [3.63, 3.8) is 0 Å². The second-order valence-corrected chi connectivity index (χ2v) is 9.85. The lowest BCUT2D eigenvalue weighted by Gasteiger charge is -2.24. The summed E-state index contributed by atoms with van der Waals surface area (Å²) in [5.41, 5.74) is 4.82. The lowest BCUT2D eigenvalue weighted by atomic mass is 10.1. The van der Waals surface area contributed by atoms with Crippen LogP contribution in [0.1, 0.15) is 21.5 Å². The number of nitrogens with one attached hydrogen (secondary N) is 1. The highest BCUT2D eigenvalue weighted by Crippen LogP contribution is 2.26. The smallest absolute Gasteiger partial charge is 0.267 e. The van der Waals surface area contributed by atoms with Crippen molar-refractivity contribution in [2.45, 2.75) is 11.4 Å². The maximum absolute atomic E-state index is 13.4. The van der Waals surface area contributed by atoms with Gasteiger partial charge in [-0.1, -0.05) is 78.3 Å². The summed E-state index contributed by atoms with van der Waals surface area (Å²) in [4.78, 5) is 12.7. The molecular formula is C27H22ClN3O3S. The third-order valence-corrected chi connectivity index (χ3v) is 7.32. The molecule has 0 aliphatic heterocycles. The fourth-order valence-electron chi connectivity index (χ4n) is 3.36. The van der Waals surface area contributed by atoms with E-state index in [4.69, 9.17) is 11.6 Å². The van der Waals surface area contributed by atoms with Crippen LogP contribution in [0.4, 0.5) is 5.69 Å². The molecule has 0 aliphatic carbocycles. The number of carbonyl (C=O) groups is 1. The van der Waals surface area contributed by atoms with Crippen LogP contribution in [-0.2, 0) is 16.6 Å². The number of anilines is 1. The molecule has 6 nitrogen and oxygen atoms in total. The first-order chi connectivity index (χ1) is 16.9. The minimum absolute atomic E-state index is 0.105. The van der Waals surface area contributed by atoms with Crippen molar-refractivity contribution >= 4 is 39.4 Å². The van der Waals surface area contributed by atoms with Crippen LogP contribution in [0.25, 0.3) is 0 Å². The van der Waals surface area contributed by atoms with Crippen LogP contribution in [-0.4, -0.2) is 20.5 Å². The van der Waals surface area contributed by atoms with Gasteiger partial charge in [0.05, 0.1) is 23.3 Å². The lowest BCUT2D eigenvalue weighted by molar-refractivity contribution is 0.0955. The molecule has 176 valence electrons. The van der Waals surface area contributed by atoms with E-state index in [0.717, 1.165) is 5.56 Å². The first-order valence-corrected chi connectivity index (χ1v) is 12.6. The summed E-state index contributed by atoms with van der Waals surface area (Å²) >= 11 is 6.08. The molecule has 4 rings (SSSR count). The molecule has 0 bridgehead atoms. The number of hydrogen-bond donors (Lipinski definition) is 1. The van der Waals surface area contributed by atoms with E-state index in [1.54, 1.807) is 91.0 Å². The van der Waals surface area contributed by atoms with Gasteiger partial charge in [-0.15, -0.1) is 0 Å². The summed E-state index contributed by atoms with van der Waals surface area (Å²) in [7, 11) is -3.80. The standard InChI is InChI=1S/C27H22ClN3O3S/c28-26-14-8-7-9-23(26)19-29-30-27(32)22-17-15-21(16-18-22)20-31(24-10-3-1-4-11-24)35(33,34)25-12-5-2-6-13-25/h1-19H,20H2,(H,30,32)/b29-19-. The molecule has 0 saturated carbocycles. The van der Waals surface area contributed by atoms with Gasteiger partial charge in [-0.3, -0.25) is 9.10 Å². The molecule has 0 aromatic heterocycles. The second-order valence-electron chi connectivity index (χ2n) is 7.58. The molecule has 0 unspecified atom stereocenters. The minimum Gasteiger partial charge on any atom is -0.267 e. The number of hydrogen-bond acceptors (Lipinski definition) is 4. The van der Waals surface area contributed by atoms with Gasteiger partial charge in [0.1, 0.15) is 0 Å². The highest BCUT2D eigenvalue weighted by Gasteiger charge is 2.25. The largest absolute Gasteiger partial charge is 0.271 e. The van der Waals surface area contributed by atoms with E-state index in [2.05, 4.69) is 10.5 Å². The third kappa shape index (κ3) is 5.95. The maximum Gasteiger partial charge on any atom is 0.271 e. The van der Waals surface area contributed by atoms with Crippen LogP contribution in [0.3, 0.4) is 0 Å². The highest BCUT2D eigenvalue weighted by atomic mass is 35.5. The van der Waals surface area contributed by atoms with Gasteiger partial charge in [0, 0.05) is 16.1 Å². The zero-order valence-electron chi connectivity index (χ0n) is 18.6. The second kappa shape index (κ2) is 11.0. The fourth-order valence-corrected chi connectivity index (χ4v) is 5.02. The van der Waals surface area contributed by atoms with E-state index in [-0.39, 0.29) is 11.4 Å². The van der Waals surface area contributed by atoms with Crippen molar-refractivity contribution in [3.05, 3.63) is 131 Å². The summed E-state index contributed by atoms with van der Waals surface area (Å²) in [5.74, 6) is -0.392. The number of para-hydroxylation sites is 1. The number of halogens is 1. The summed E-state index contributed by atoms with van der Waals surface area (Å²) in [6.45, 7) is 0.105. The van der Waals surface area contributed by atoms with Gasteiger partial charge in [-0.25, -0.2) is 13.8 Å². The average Bonchev–Trinajstić information content (AvgIpc) is 2.89. The van der Waals surface area contributed by atoms with Crippen molar-refractivity contribution < 1.29 is 13.2 Å². The Labute approximate surface area is 209 Å². The Kier molecular flexibility index (Phi) is 7.60. The van der Waals surface area contributed by atoms with Crippen molar-refractivity contribution in [2.24, 2.45) is 5.10 Å². The predicted molar refractivity (Wildman–Crippen MR) is 139 cm³/mol. The van der Waals surface area contributed by atoms with Gasteiger partial charge >= 0.3 is 0 Å². The Morgan fingerprint density at radius 3 is 2.09 bits per heavy atom. The minimum atomic E-state index is -3.80. The van der Waals surface area contributed by atoms with E-state index in [1.807, 2.05) is 18.2 Å². The molecule has 0 heterocycles. The zero-order valence-corrected chi connectivity index (χ0v) is 20.2. The van der Waals surface area contributed by atoms with Crippen LogP contribution >= 0.6 is 11.6 Å². The highest BCUT2D eigenvalue weighted by molar-refractivity contribution is 7.92. The van der Waals surface area contributed by atoms with E-state index in [9.17, 15) is 13.2 Å². The molecule has 4 aromatic carbocycles. The fraction of sp³-hybridized carbons (Fsp3) is 0.0370. The van der Waals surface area contributed by atoms with Gasteiger partial charge in [0.2, 0.25) is 0 Å². The quantitative estimate of drug-likeness (QED) is 0.255. The van der Waals surface area contributed by atoms with Crippen molar-refractivity contribution in [1.82, 2.24) is 5.43 Å². The Morgan fingerprint density at radius 1 is 0.829 bits per heavy atom. The normalized spacial score (nSPS) is 11.3. The Bertz CT molecular complexity index is 1430. The molecule has 35 heavy (non-hydrogen) atoms. The van der Waals surface area contributed by atoms with Crippen LogP contribution < -0.4 is 9.73 Å². The number of rotatable bonds is 8. The van der Waals surface area contributed by atoms with Crippen LogP contribution in [0.2, 0.25) is 5.02 Å². The molecule has 0 aliphatic rings. The van der Waals surface area contributed by atoms with E-state index in [0.29, 0.717) is 21.8 Å². The van der Waals surface area contributed by atoms with Gasteiger partial charge < -0.3 is 0 Å². The summed E-state index contributed by atoms with van der Waals surface area (Å²) in [5, 5.41) is 4.49. The van der Waals surface area contributed by atoms with Gasteiger partial charge in [0.15, 0.2) is 0 Å². The molecular weight excluding hydrogens is 482 g/mol. The first kappa shape index (κ1) is 24.2. The van der Waals surface area contributed by atoms with Gasteiger partial charge in [0.25, 0.3) is 15.9 Å². The third-order valence-electron chi connectivity index (χ3n) is 5.19. The Balaban J connectivity index is 1.51. The molecule has 1 N–H and O–H groups in total. The molecule has 0 saturated heterocycles. The molecule has 8 heteroatoms. The Morgan fingerprint density at radius 2 is 1.43 bits per heavy atom. The van der Waals surface area contributed by atoms with Crippen LogP contribution in [0.15, 0.2) is 119 Å². The molecule has 4 aromatic rings. The number of nitrogens with zero attached hydrogens (tertiary/aromatic N) is 2. The summed E-state index contributed by atoms with van der Waals surface area (Å²) in [6, 6.07) is 31.1. The van der Waals surface area contributed by atoms with Crippen LogP contribution in [0.5, 0.6) is 0 Å². The molecule has 0 fully saturated rings.